The Kier molecular flexibility index (Phi) is 11.3. The lowest BCUT2D eigenvalue weighted by Gasteiger charge is -2.30. The van der Waals surface area contributed by atoms with E-state index >= 15 is 0 Å². The van der Waals surface area contributed by atoms with E-state index < -0.39 is 0 Å². The van der Waals surface area contributed by atoms with E-state index in [4.69, 9.17) is 16.5 Å². The predicted octanol–water partition coefficient (Wildman–Crippen LogP) is 21.4. The molecule has 19 rings (SSSR count). The second-order valence-corrected chi connectivity index (χ2v) is 23.8. The molecule has 0 bridgehead atoms. The first kappa shape index (κ1) is 51.9. The van der Waals surface area contributed by atoms with Gasteiger partial charge in [-0.25, -0.2) is 4.85 Å². The molecule has 0 unspecified atom stereocenters. The molecule has 9 nitrogen and oxygen atoms in total. The third-order valence-corrected chi connectivity index (χ3v) is 19.0. The summed E-state index contributed by atoms with van der Waals surface area (Å²) in [4.78, 5) is 14.9. The van der Waals surface area contributed by atoms with Crippen molar-refractivity contribution in [2.24, 2.45) is 0 Å². The Bertz CT molecular complexity index is 6080. The summed E-state index contributed by atoms with van der Waals surface area (Å²) in [5.41, 5.74) is 20.7. The highest BCUT2D eigenvalue weighted by molar-refractivity contribution is 6.19. The van der Waals surface area contributed by atoms with Gasteiger partial charge in [-0.15, -0.1) is 0 Å². The minimum Gasteiger partial charge on any atom is -0.309 e. The number of benzene rings is 12. The first-order valence-corrected chi connectivity index (χ1v) is 31.1. The van der Waals surface area contributed by atoms with Crippen molar-refractivity contribution in [1.29, 1.82) is 5.26 Å². The fourth-order valence-corrected chi connectivity index (χ4v) is 15.2. The van der Waals surface area contributed by atoms with Crippen molar-refractivity contribution >= 4 is 115 Å². The monoisotopic (exact) mass is 1180 g/mol. The van der Waals surface area contributed by atoms with Crippen molar-refractivity contribution < 1.29 is 0 Å². The van der Waals surface area contributed by atoms with Crippen LogP contribution in [0.4, 0.5) is 5.69 Å². The largest absolute Gasteiger partial charge is 0.309 e. The maximum atomic E-state index is 10.6. The molecule has 0 aliphatic heterocycles. The van der Waals surface area contributed by atoms with Crippen molar-refractivity contribution in [3.63, 3.8) is 0 Å². The Morgan fingerprint density at radius 1 is 0.290 bits per heavy atom. The highest BCUT2D eigenvalue weighted by atomic mass is 15.1. The van der Waals surface area contributed by atoms with E-state index in [1.54, 1.807) is 12.4 Å². The van der Waals surface area contributed by atoms with E-state index in [1.807, 2.05) is 24.3 Å². The van der Waals surface area contributed by atoms with E-state index in [0.717, 1.165) is 149 Å². The van der Waals surface area contributed by atoms with E-state index in [2.05, 4.69) is 295 Å². The van der Waals surface area contributed by atoms with Gasteiger partial charge in [-0.2, -0.15) is 5.26 Å². The Morgan fingerprint density at radius 2 is 0.613 bits per heavy atom. The molecule has 0 atom stereocenters. The Morgan fingerprint density at radius 3 is 0.978 bits per heavy atom. The number of para-hydroxylation sites is 9. The molecule has 0 saturated heterocycles. The van der Waals surface area contributed by atoms with Gasteiger partial charge in [0.1, 0.15) is 6.07 Å². The predicted molar refractivity (Wildman–Crippen MR) is 381 cm³/mol. The standard InChI is InChI=1S/C84H49N9/c1-86-55-42-44-68(88-51-55)80-81(90-70-32-14-5-23-57(70)58-24-6-15-33-71(58)90)79(67-43-39-52(49-85)50-87-67)82(91-72-34-16-7-25-59(72)60-26-8-17-35-73(60)91)84(83(80)92-74-36-18-9-27-61(74)62-28-10-19-37-75(62)92)93-76-38-20-12-30-64(76)66-48-54(41-46-78(66)93)53-40-45-77-65(47-53)63-29-11-13-31-69(63)89(77)56-21-3-2-4-22-56/h2-48,50-51H. The molecule has 0 aliphatic rings. The molecule has 12 aromatic carbocycles. The third kappa shape index (κ3) is 7.54. The molecule has 7 heterocycles. The van der Waals surface area contributed by atoms with Crippen LogP contribution in [0.2, 0.25) is 0 Å². The molecule has 0 saturated carbocycles. The summed E-state index contributed by atoms with van der Waals surface area (Å²) >= 11 is 0. The van der Waals surface area contributed by atoms with Gasteiger partial charge >= 0.3 is 0 Å². The first-order chi connectivity index (χ1) is 46.1. The van der Waals surface area contributed by atoms with Gasteiger partial charge in [0.2, 0.25) is 5.69 Å². The summed E-state index contributed by atoms with van der Waals surface area (Å²) < 4.78 is 12.2. The molecule has 93 heavy (non-hydrogen) atoms. The van der Waals surface area contributed by atoms with E-state index in [1.165, 1.54) is 10.8 Å². The van der Waals surface area contributed by atoms with Gasteiger partial charge in [0, 0.05) is 71.9 Å². The Balaban J connectivity index is 1.06. The van der Waals surface area contributed by atoms with Gasteiger partial charge in [0.25, 0.3) is 0 Å². The lowest BCUT2D eigenvalue weighted by Crippen LogP contribution is -2.16. The summed E-state index contributed by atoms with van der Waals surface area (Å²) in [6, 6.07) is 104. The quantitative estimate of drug-likeness (QED) is 0.142. The van der Waals surface area contributed by atoms with Crippen LogP contribution in [0.3, 0.4) is 0 Å². The molecule has 430 valence electrons. The van der Waals surface area contributed by atoms with E-state index in [0.29, 0.717) is 22.6 Å². The number of nitrogens with zero attached hydrogens (tertiary/aromatic N) is 9. The summed E-state index contributed by atoms with van der Waals surface area (Å²) in [5, 5.41) is 21.6. The number of hydrogen-bond acceptors (Lipinski definition) is 3. The maximum absolute atomic E-state index is 10.6. The second kappa shape index (κ2) is 20.2. The first-order valence-electron chi connectivity index (χ1n) is 31.1. The van der Waals surface area contributed by atoms with Crippen LogP contribution in [0.5, 0.6) is 0 Å². The zero-order valence-corrected chi connectivity index (χ0v) is 49.8. The minimum atomic E-state index is 0.422. The van der Waals surface area contributed by atoms with Crippen LogP contribution in [0.1, 0.15) is 5.56 Å². The van der Waals surface area contributed by atoms with Gasteiger partial charge in [0.05, 0.1) is 113 Å². The molecule has 0 aliphatic carbocycles. The number of pyridine rings is 2. The van der Waals surface area contributed by atoms with Gasteiger partial charge in [-0.05, 0) is 114 Å². The summed E-state index contributed by atoms with van der Waals surface area (Å²) in [5.74, 6) is 0. The maximum Gasteiger partial charge on any atom is 0.205 e. The zero-order valence-electron chi connectivity index (χ0n) is 49.8. The molecule has 0 spiro atoms. The van der Waals surface area contributed by atoms with Gasteiger partial charge < -0.3 is 22.8 Å². The van der Waals surface area contributed by atoms with Crippen LogP contribution < -0.4 is 0 Å². The van der Waals surface area contributed by atoms with Crippen LogP contribution >= 0.6 is 0 Å². The Hall–Kier alpha value is -13.1. The number of fused-ring (bicyclic) bond motifs is 15. The van der Waals surface area contributed by atoms with Gasteiger partial charge in [-0.1, -0.05) is 182 Å². The number of nitriles is 1. The van der Waals surface area contributed by atoms with Crippen molar-refractivity contribution in [2.45, 2.75) is 0 Å². The van der Waals surface area contributed by atoms with Crippen LogP contribution in [0.25, 0.3) is 176 Å². The molecule has 0 amide bonds. The average molecular weight is 1180 g/mol. The highest BCUT2D eigenvalue weighted by Crippen LogP contribution is 2.54. The number of hydrogen-bond donors (Lipinski definition) is 0. The van der Waals surface area contributed by atoms with E-state index in [9.17, 15) is 5.26 Å². The fraction of sp³-hybridized carbons (Fsp3) is 0. The number of rotatable bonds is 8. The zero-order chi connectivity index (χ0) is 61.4. The minimum absolute atomic E-state index is 0.422. The van der Waals surface area contributed by atoms with E-state index in [-0.39, 0.29) is 0 Å². The third-order valence-electron chi connectivity index (χ3n) is 19.0. The smallest absolute Gasteiger partial charge is 0.205 e. The van der Waals surface area contributed by atoms with Crippen LogP contribution in [-0.2, 0) is 0 Å². The number of aromatic nitrogens is 7. The SMILES string of the molecule is [C-]#[N+]c1ccc(-c2c(-n3c4ccccc4c4ccccc43)c(-c3ccc(C#N)cn3)c(-n3c4ccccc4c4ccccc43)c(-n3c4ccccc4c4cc(-c5ccc6c(c5)c5ccccc5n6-c5ccccc5)ccc43)c2-n2c3ccccc3c3ccccc32)nc1. The second-order valence-electron chi connectivity index (χ2n) is 23.8. The van der Waals surface area contributed by atoms with Gasteiger partial charge in [0.15, 0.2) is 0 Å². The summed E-state index contributed by atoms with van der Waals surface area (Å²) in [7, 11) is 0. The molecule has 0 fully saturated rings. The average Bonchev–Trinajstić information content (AvgIpc) is 1.61. The molecule has 7 aromatic heterocycles. The summed E-state index contributed by atoms with van der Waals surface area (Å²) in [6.07, 6.45) is 3.40. The molecule has 0 radical (unpaired) electrons. The molecular weight excluding hydrogens is 1130 g/mol. The van der Waals surface area contributed by atoms with Crippen LogP contribution in [-0.4, -0.2) is 32.8 Å². The highest BCUT2D eigenvalue weighted by Gasteiger charge is 2.36. The Labute approximate surface area is 532 Å². The van der Waals surface area contributed by atoms with Gasteiger partial charge in [-0.3, -0.25) is 9.97 Å². The van der Waals surface area contributed by atoms with Crippen molar-refractivity contribution in [3.05, 3.63) is 314 Å². The molecule has 9 heteroatoms. The summed E-state index contributed by atoms with van der Waals surface area (Å²) in [6.45, 7) is 8.30. The molecule has 0 N–H and O–H groups in total. The lowest BCUT2D eigenvalue weighted by molar-refractivity contribution is 1.03. The van der Waals surface area contributed by atoms with Crippen molar-refractivity contribution in [3.8, 4) is 68.1 Å². The lowest BCUT2D eigenvalue weighted by atomic mass is 9.93. The fourth-order valence-electron chi connectivity index (χ4n) is 15.2. The van der Waals surface area contributed by atoms with Crippen molar-refractivity contribution in [2.75, 3.05) is 0 Å². The molecule has 19 aromatic rings. The topological polar surface area (TPSA) is 78.6 Å². The van der Waals surface area contributed by atoms with Crippen LogP contribution in [0.15, 0.2) is 298 Å². The normalized spacial score (nSPS) is 11.8. The molecular formula is C84H49N9. The van der Waals surface area contributed by atoms with Crippen LogP contribution in [0, 0.1) is 17.9 Å². The van der Waals surface area contributed by atoms with Crippen molar-refractivity contribution in [1.82, 2.24) is 32.8 Å².